The Hall–Kier alpha value is -4.90. The molecule has 5 aromatic rings. The molecule has 5 rings (SSSR count). The second kappa shape index (κ2) is 11.8. The van der Waals surface area contributed by atoms with Crippen LogP contribution in [0.1, 0.15) is 54.0 Å². The third kappa shape index (κ3) is 7.31. The lowest BCUT2D eigenvalue weighted by Crippen LogP contribution is -2.35. The van der Waals surface area contributed by atoms with Crippen LogP contribution in [0.5, 0.6) is 0 Å². The molecule has 0 spiro atoms. The second-order valence-electron chi connectivity index (χ2n) is 11.2. The average Bonchev–Trinajstić information content (AvgIpc) is 3.36. The molecule has 2 aromatic heterocycles. The molecular weight excluding hydrogens is 568 g/mol. The zero-order valence-electron chi connectivity index (χ0n) is 23.9. The van der Waals surface area contributed by atoms with Crippen LogP contribution in [0.3, 0.4) is 0 Å². The molecule has 3 aromatic carbocycles. The zero-order valence-corrected chi connectivity index (χ0v) is 24.7. The number of alkyl carbamates (subject to hydrolysis) is 1. The molecule has 4 N–H and O–H groups in total. The van der Waals surface area contributed by atoms with Crippen molar-refractivity contribution in [2.75, 3.05) is 11.3 Å². The number of nitrogens with one attached hydrogen (secondary N) is 3. The fourth-order valence-corrected chi connectivity index (χ4v) is 6.08. The van der Waals surface area contributed by atoms with E-state index in [1.54, 1.807) is 69.3 Å². The van der Waals surface area contributed by atoms with Gasteiger partial charge in [0.05, 0.1) is 11.4 Å². The normalized spacial score (nSPS) is 12.6. The Bertz CT molecular complexity index is 1910. The molecule has 1 atom stereocenters. The van der Waals surface area contributed by atoms with Gasteiger partial charge < -0.3 is 20.1 Å². The Kier molecular flexibility index (Phi) is 8.10. The number of sulfonamides is 1. The number of anilines is 1. The number of carboxylic acids is 1. The van der Waals surface area contributed by atoms with Crippen molar-refractivity contribution < 1.29 is 27.9 Å². The summed E-state index contributed by atoms with van der Waals surface area (Å²) in [4.78, 5) is 31.8. The largest absolute Gasteiger partial charge is 0.477 e. The molecule has 0 aliphatic heterocycles. The van der Waals surface area contributed by atoms with Crippen molar-refractivity contribution in [1.29, 1.82) is 0 Å². The molecule has 2 heterocycles. The fraction of sp³-hybridized carbons (Fsp3) is 0.219. The SMILES string of the molecule is CC(C)(C)OC(=O)NCC(c1ccc2cc(C(=O)O)[nH]c2n1)c1cc(NS(=O)(=O)Cc2ccccc2)cc2ccccc12. The molecule has 0 fully saturated rings. The van der Waals surface area contributed by atoms with Gasteiger partial charge in [-0.15, -0.1) is 0 Å². The number of nitrogens with zero attached hydrogens (tertiary/aromatic N) is 1. The molecule has 1 unspecified atom stereocenters. The van der Waals surface area contributed by atoms with Gasteiger partial charge in [-0.3, -0.25) is 4.72 Å². The fourth-order valence-electron chi connectivity index (χ4n) is 4.90. The molecule has 0 aliphatic rings. The van der Waals surface area contributed by atoms with E-state index in [1.807, 2.05) is 30.3 Å². The maximum atomic E-state index is 13.2. The highest BCUT2D eigenvalue weighted by molar-refractivity contribution is 7.91. The lowest BCUT2D eigenvalue weighted by Gasteiger charge is -2.23. The van der Waals surface area contributed by atoms with Gasteiger partial charge in [-0.25, -0.2) is 23.0 Å². The van der Waals surface area contributed by atoms with Gasteiger partial charge in [0.2, 0.25) is 10.0 Å². The van der Waals surface area contributed by atoms with E-state index in [9.17, 15) is 23.1 Å². The summed E-state index contributed by atoms with van der Waals surface area (Å²) in [5, 5.41) is 14.5. The first-order chi connectivity index (χ1) is 20.4. The van der Waals surface area contributed by atoms with E-state index in [4.69, 9.17) is 9.72 Å². The maximum Gasteiger partial charge on any atom is 0.407 e. The topological polar surface area (TPSA) is 150 Å². The summed E-state index contributed by atoms with van der Waals surface area (Å²) in [6.45, 7) is 5.38. The van der Waals surface area contributed by atoms with Crippen molar-refractivity contribution >= 4 is 49.6 Å². The summed E-state index contributed by atoms with van der Waals surface area (Å²) in [7, 11) is -3.76. The number of pyridine rings is 1. The van der Waals surface area contributed by atoms with Crippen LogP contribution in [0.25, 0.3) is 21.8 Å². The quantitative estimate of drug-likeness (QED) is 0.162. The minimum atomic E-state index is -3.76. The van der Waals surface area contributed by atoms with Gasteiger partial charge in [0.1, 0.15) is 16.9 Å². The smallest absolute Gasteiger partial charge is 0.407 e. The monoisotopic (exact) mass is 600 g/mol. The summed E-state index contributed by atoms with van der Waals surface area (Å²) >= 11 is 0. The van der Waals surface area contributed by atoms with E-state index in [2.05, 4.69) is 15.0 Å². The van der Waals surface area contributed by atoms with Crippen LogP contribution in [-0.4, -0.2) is 47.7 Å². The predicted octanol–water partition coefficient (Wildman–Crippen LogP) is 6.01. The standard InChI is InChI=1S/C32H32N4O6S/c1-32(2,3)42-31(39)33-18-26(27-14-13-22-16-28(30(37)38)35-29(22)34-27)25-17-23(15-21-11-7-8-12-24(21)25)36-43(40,41)19-20-9-5-4-6-10-20/h4-17,26,36H,18-19H2,1-3H3,(H,33,39)(H,34,35)(H,37,38). The van der Waals surface area contributed by atoms with Gasteiger partial charge >= 0.3 is 12.1 Å². The van der Waals surface area contributed by atoms with Crippen molar-refractivity contribution in [3.8, 4) is 0 Å². The number of carbonyl (C=O) groups excluding carboxylic acids is 1. The number of carboxylic acid groups (broad SMARTS) is 1. The predicted molar refractivity (Wildman–Crippen MR) is 166 cm³/mol. The number of carbonyl (C=O) groups is 2. The first-order valence-electron chi connectivity index (χ1n) is 13.6. The molecule has 0 saturated carbocycles. The van der Waals surface area contributed by atoms with Crippen LogP contribution in [0.15, 0.2) is 84.9 Å². The van der Waals surface area contributed by atoms with Gasteiger partial charge in [-0.2, -0.15) is 0 Å². The first kappa shape index (κ1) is 29.6. The van der Waals surface area contributed by atoms with Gasteiger partial charge in [-0.1, -0.05) is 54.6 Å². The molecule has 0 saturated heterocycles. The highest BCUT2D eigenvalue weighted by Gasteiger charge is 2.24. The van der Waals surface area contributed by atoms with E-state index in [1.165, 1.54) is 6.07 Å². The summed E-state index contributed by atoms with van der Waals surface area (Å²) in [6.07, 6.45) is -0.615. The van der Waals surface area contributed by atoms with Crippen LogP contribution >= 0.6 is 0 Å². The Morgan fingerprint density at radius 1 is 0.953 bits per heavy atom. The van der Waals surface area contributed by atoms with Crippen LogP contribution < -0.4 is 10.0 Å². The van der Waals surface area contributed by atoms with Crippen LogP contribution in [0.2, 0.25) is 0 Å². The van der Waals surface area contributed by atoms with Crippen molar-refractivity contribution in [2.45, 2.75) is 38.0 Å². The van der Waals surface area contributed by atoms with Crippen LogP contribution in [-0.2, 0) is 20.5 Å². The lowest BCUT2D eigenvalue weighted by molar-refractivity contribution is 0.0525. The van der Waals surface area contributed by atoms with Crippen LogP contribution in [0.4, 0.5) is 10.5 Å². The Morgan fingerprint density at radius 3 is 2.40 bits per heavy atom. The molecule has 43 heavy (non-hydrogen) atoms. The number of fused-ring (bicyclic) bond motifs is 2. The molecule has 0 bridgehead atoms. The number of aromatic amines is 1. The second-order valence-corrected chi connectivity index (χ2v) is 13.0. The number of H-pyrrole nitrogens is 1. The number of ether oxygens (including phenoxy) is 1. The molecular formula is C32H32N4O6S. The van der Waals surface area contributed by atoms with Gasteiger partial charge in [0.15, 0.2) is 0 Å². The zero-order chi connectivity index (χ0) is 30.8. The summed E-state index contributed by atoms with van der Waals surface area (Å²) in [5.74, 6) is -1.86. The number of rotatable bonds is 9. The molecule has 10 nitrogen and oxygen atoms in total. The van der Waals surface area contributed by atoms with Crippen molar-refractivity contribution in [2.24, 2.45) is 0 Å². The summed E-state index contributed by atoms with van der Waals surface area (Å²) < 4.78 is 34.5. The van der Waals surface area contributed by atoms with Gasteiger partial charge in [-0.05, 0) is 73.0 Å². The first-order valence-corrected chi connectivity index (χ1v) is 15.3. The van der Waals surface area contributed by atoms with E-state index < -0.39 is 33.6 Å². The van der Waals surface area contributed by atoms with Crippen molar-refractivity contribution in [3.05, 3.63) is 107 Å². The van der Waals surface area contributed by atoms with Crippen LogP contribution in [0, 0.1) is 0 Å². The highest BCUT2D eigenvalue weighted by Crippen LogP contribution is 2.34. The highest BCUT2D eigenvalue weighted by atomic mass is 32.2. The summed E-state index contributed by atoms with van der Waals surface area (Å²) in [6, 6.07) is 25.0. The summed E-state index contributed by atoms with van der Waals surface area (Å²) in [5.41, 5.74) is 1.93. The molecule has 0 radical (unpaired) electrons. The third-order valence-corrected chi connectivity index (χ3v) is 7.94. The third-order valence-electron chi connectivity index (χ3n) is 6.68. The molecule has 11 heteroatoms. The van der Waals surface area contributed by atoms with E-state index in [-0.39, 0.29) is 18.0 Å². The van der Waals surface area contributed by atoms with E-state index in [0.29, 0.717) is 33.5 Å². The Labute approximate surface area is 249 Å². The number of hydrogen-bond acceptors (Lipinski definition) is 6. The average molecular weight is 601 g/mol. The van der Waals surface area contributed by atoms with Crippen molar-refractivity contribution in [3.63, 3.8) is 0 Å². The number of hydrogen-bond donors (Lipinski definition) is 4. The molecule has 222 valence electrons. The number of aromatic carboxylic acids is 1. The van der Waals surface area contributed by atoms with Gasteiger partial charge in [0.25, 0.3) is 0 Å². The Morgan fingerprint density at radius 2 is 1.67 bits per heavy atom. The minimum Gasteiger partial charge on any atom is -0.477 e. The molecule has 1 amide bonds. The number of benzene rings is 3. The minimum absolute atomic E-state index is 0.00310. The maximum absolute atomic E-state index is 13.2. The number of amides is 1. The lowest BCUT2D eigenvalue weighted by atomic mass is 9.89. The number of aromatic nitrogens is 2. The van der Waals surface area contributed by atoms with E-state index >= 15 is 0 Å². The van der Waals surface area contributed by atoms with Crippen molar-refractivity contribution in [1.82, 2.24) is 15.3 Å². The Balaban J connectivity index is 1.58. The van der Waals surface area contributed by atoms with E-state index in [0.717, 1.165) is 10.8 Å². The molecule has 0 aliphatic carbocycles. The van der Waals surface area contributed by atoms with Gasteiger partial charge in [0, 0.05) is 23.5 Å².